The van der Waals surface area contributed by atoms with Gasteiger partial charge < -0.3 is 18.6 Å². The Morgan fingerprint density at radius 1 is 1.17 bits per heavy atom. The molecule has 0 bridgehead atoms. The molecule has 210 valence electrons. The third-order valence-electron chi connectivity index (χ3n) is 6.49. The van der Waals surface area contributed by atoms with Gasteiger partial charge in [0.05, 0.1) is 41.6 Å². The number of fused-ring (bicyclic) bond motifs is 1. The Bertz CT molecular complexity index is 1880. The van der Waals surface area contributed by atoms with E-state index >= 15 is 0 Å². The number of furan rings is 1. The fraction of sp³-hybridized carbons (Fsp3) is 0.207. The maximum absolute atomic E-state index is 13.9. The second kappa shape index (κ2) is 11.3. The number of ether oxygens (including phenoxy) is 3. The van der Waals surface area contributed by atoms with Crippen LogP contribution in [-0.4, -0.2) is 36.3 Å². The molecule has 0 fully saturated rings. The maximum Gasteiger partial charge on any atom is 0.338 e. The molecule has 2 aromatic heterocycles. The molecule has 11 nitrogen and oxygen atoms in total. The molecule has 5 rings (SSSR count). The van der Waals surface area contributed by atoms with Gasteiger partial charge in [-0.3, -0.25) is 19.5 Å². The van der Waals surface area contributed by atoms with E-state index in [2.05, 4.69) is 4.99 Å². The van der Waals surface area contributed by atoms with Crippen molar-refractivity contribution < 1.29 is 28.3 Å². The number of thiazole rings is 1. The zero-order valence-electron chi connectivity index (χ0n) is 22.6. The molecule has 1 aliphatic heterocycles. The molecule has 0 radical (unpaired) electrons. The normalized spacial score (nSPS) is 14.8. The van der Waals surface area contributed by atoms with Crippen LogP contribution in [0.4, 0.5) is 5.69 Å². The molecule has 2 aromatic carbocycles. The first kappa shape index (κ1) is 27.6. The van der Waals surface area contributed by atoms with Crippen molar-refractivity contribution in [1.29, 1.82) is 0 Å². The Hall–Kier alpha value is -4.97. The van der Waals surface area contributed by atoms with Gasteiger partial charge in [-0.15, -0.1) is 0 Å². The van der Waals surface area contributed by atoms with E-state index in [9.17, 15) is 19.7 Å². The Labute approximate surface area is 237 Å². The van der Waals surface area contributed by atoms with Crippen molar-refractivity contribution >= 4 is 29.1 Å². The molecule has 1 atom stereocenters. The van der Waals surface area contributed by atoms with Crippen molar-refractivity contribution in [3.05, 3.63) is 107 Å². The van der Waals surface area contributed by atoms with E-state index in [0.717, 1.165) is 11.3 Å². The summed E-state index contributed by atoms with van der Waals surface area (Å²) in [6, 6.07) is 13.7. The van der Waals surface area contributed by atoms with E-state index in [1.165, 1.54) is 30.9 Å². The molecule has 0 saturated heterocycles. The number of rotatable bonds is 8. The van der Waals surface area contributed by atoms with Crippen LogP contribution in [0.3, 0.4) is 0 Å². The topological polar surface area (TPSA) is 135 Å². The number of hydrogen-bond acceptors (Lipinski definition) is 10. The minimum atomic E-state index is -0.894. The van der Waals surface area contributed by atoms with Crippen LogP contribution >= 0.6 is 11.3 Å². The van der Waals surface area contributed by atoms with E-state index in [-0.39, 0.29) is 17.9 Å². The van der Waals surface area contributed by atoms with Gasteiger partial charge in [0.2, 0.25) is 0 Å². The van der Waals surface area contributed by atoms with Crippen molar-refractivity contribution in [3.63, 3.8) is 0 Å². The van der Waals surface area contributed by atoms with Crippen molar-refractivity contribution in [2.75, 3.05) is 20.8 Å². The van der Waals surface area contributed by atoms with Gasteiger partial charge in [-0.25, -0.2) is 9.79 Å². The number of esters is 1. The molecule has 0 saturated carbocycles. The van der Waals surface area contributed by atoms with Crippen LogP contribution in [0.2, 0.25) is 0 Å². The smallest absolute Gasteiger partial charge is 0.338 e. The summed E-state index contributed by atoms with van der Waals surface area (Å²) in [6.07, 6.45) is 1.58. The summed E-state index contributed by atoms with van der Waals surface area (Å²) in [6.45, 7) is 3.55. The fourth-order valence-electron chi connectivity index (χ4n) is 4.63. The van der Waals surface area contributed by atoms with Gasteiger partial charge in [-0.05, 0) is 44.2 Å². The molecule has 0 N–H and O–H groups in total. The van der Waals surface area contributed by atoms with Gasteiger partial charge in [-0.2, -0.15) is 0 Å². The SMILES string of the molecule is CCOC(=O)C1=C(C)N=c2s/c(=C/c3ccc(-c4cccc([N+](=O)[O-])c4)o3)c(=O)n2[C@@H]1c1cc(OC)ccc1OC. The Morgan fingerprint density at radius 2 is 1.98 bits per heavy atom. The zero-order valence-corrected chi connectivity index (χ0v) is 23.4. The highest BCUT2D eigenvalue weighted by Gasteiger charge is 2.35. The number of nitro benzene ring substituents is 1. The van der Waals surface area contributed by atoms with E-state index in [4.69, 9.17) is 18.6 Å². The molecule has 12 heteroatoms. The molecule has 41 heavy (non-hydrogen) atoms. The third-order valence-corrected chi connectivity index (χ3v) is 7.47. The first-order valence-corrected chi connectivity index (χ1v) is 13.3. The summed E-state index contributed by atoms with van der Waals surface area (Å²) < 4.78 is 24.1. The van der Waals surface area contributed by atoms with Gasteiger partial charge in [0.25, 0.3) is 11.2 Å². The predicted octanol–water partition coefficient (Wildman–Crippen LogP) is 3.98. The van der Waals surface area contributed by atoms with Crippen LogP contribution in [-0.2, 0) is 9.53 Å². The van der Waals surface area contributed by atoms with Crippen LogP contribution in [0.15, 0.2) is 80.1 Å². The molecule has 0 spiro atoms. The van der Waals surface area contributed by atoms with Crippen LogP contribution < -0.4 is 24.4 Å². The van der Waals surface area contributed by atoms with E-state index in [1.54, 1.807) is 62.4 Å². The van der Waals surface area contributed by atoms with E-state index < -0.39 is 22.5 Å². The van der Waals surface area contributed by atoms with Crippen LogP contribution in [0, 0.1) is 10.1 Å². The van der Waals surface area contributed by atoms with Crippen molar-refractivity contribution in [2.24, 2.45) is 4.99 Å². The molecular weight excluding hydrogens is 550 g/mol. The Morgan fingerprint density at radius 3 is 2.68 bits per heavy atom. The summed E-state index contributed by atoms with van der Waals surface area (Å²) >= 11 is 1.14. The molecule has 3 heterocycles. The second-order valence-corrected chi connectivity index (χ2v) is 9.93. The Kier molecular flexibility index (Phi) is 7.58. The lowest BCUT2D eigenvalue weighted by atomic mass is 9.95. The highest BCUT2D eigenvalue weighted by Crippen LogP contribution is 2.38. The number of carbonyl (C=O) groups excluding carboxylic acids is 1. The maximum atomic E-state index is 13.9. The Balaban J connectivity index is 1.66. The lowest BCUT2D eigenvalue weighted by molar-refractivity contribution is -0.384. The number of nitrogens with zero attached hydrogens (tertiary/aromatic N) is 3. The quantitative estimate of drug-likeness (QED) is 0.175. The van der Waals surface area contributed by atoms with Gasteiger partial charge in [-0.1, -0.05) is 23.5 Å². The lowest BCUT2D eigenvalue weighted by Crippen LogP contribution is -2.40. The van der Waals surface area contributed by atoms with Crippen LogP contribution in [0.25, 0.3) is 17.4 Å². The van der Waals surface area contributed by atoms with Crippen molar-refractivity contribution in [2.45, 2.75) is 19.9 Å². The number of hydrogen-bond donors (Lipinski definition) is 0. The van der Waals surface area contributed by atoms with E-state index in [0.29, 0.717) is 49.2 Å². The number of carbonyl (C=O) groups is 1. The number of non-ortho nitro benzene ring substituents is 1. The highest BCUT2D eigenvalue weighted by atomic mass is 32.1. The highest BCUT2D eigenvalue weighted by molar-refractivity contribution is 7.07. The molecule has 4 aromatic rings. The van der Waals surface area contributed by atoms with Gasteiger partial charge in [0.1, 0.15) is 29.1 Å². The van der Waals surface area contributed by atoms with Gasteiger partial charge in [0.15, 0.2) is 4.80 Å². The molecule has 0 aliphatic carbocycles. The summed E-state index contributed by atoms with van der Waals surface area (Å²) in [5, 5.41) is 11.2. The molecule has 0 unspecified atom stereocenters. The third kappa shape index (κ3) is 5.16. The van der Waals surface area contributed by atoms with Crippen molar-refractivity contribution in [1.82, 2.24) is 4.57 Å². The second-order valence-electron chi connectivity index (χ2n) is 8.92. The fourth-order valence-corrected chi connectivity index (χ4v) is 5.65. The average molecular weight is 576 g/mol. The molecular formula is C29H25N3O8S. The molecule has 1 aliphatic rings. The van der Waals surface area contributed by atoms with Gasteiger partial charge >= 0.3 is 5.97 Å². The largest absolute Gasteiger partial charge is 0.497 e. The minimum absolute atomic E-state index is 0.0606. The molecule has 0 amide bonds. The number of methoxy groups -OCH3 is 2. The zero-order chi connectivity index (χ0) is 29.3. The number of aromatic nitrogens is 1. The lowest BCUT2D eigenvalue weighted by Gasteiger charge is -2.26. The van der Waals surface area contributed by atoms with Crippen LogP contribution in [0.1, 0.15) is 31.2 Å². The summed E-state index contributed by atoms with van der Waals surface area (Å²) in [5.41, 5.74) is 1.23. The van der Waals surface area contributed by atoms with E-state index in [1.807, 2.05) is 0 Å². The average Bonchev–Trinajstić information content (AvgIpc) is 3.56. The minimum Gasteiger partial charge on any atom is -0.497 e. The summed E-state index contributed by atoms with van der Waals surface area (Å²) in [4.78, 5) is 42.7. The summed E-state index contributed by atoms with van der Waals surface area (Å²) in [5.74, 6) is 1.16. The first-order chi connectivity index (χ1) is 19.7. The first-order valence-electron chi connectivity index (χ1n) is 12.5. The van der Waals surface area contributed by atoms with Crippen molar-refractivity contribution in [3.8, 4) is 22.8 Å². The number of benzene rings is 2. The number of allylic oxidation sites excluding steroid dienone is 1. The summed E-state index contributed by atoms with van der Waals surface area (Å²) in [7, 11) is 3.03. The standard InChI is InChI=1S/C29H25N3O8S/c1-5-39-28(34)25-16(2)30-29-31(26(25)21-14-19(37-3)9-12-23(21)38-4)27(33)24(41-29)15-20-10-11-22(40-20)17-7-6-8-18(13-17)32(35)36/h6-15,26H,5H2,1-4H3/b24-15+/t26-/m1/s1. The monoisotopic (exact) mass is 575 g/mol. The predicted molar refractivity (Wildman–Crippen MR) is 151 cm³/mol. The van der Waals surface area contributed by atoms with Gasteiger partial charge in [0, 0.05) is 29.3 Å². The van der Waals surface area contributed by atoms with Crippen LogP contribution in [0.5, 0.6) is 11.5 Å². The number of nitro groups is 1.